The summed E-state index contributed by atoms with van der Waals surface area (Å²) in [5, 5.41) is 6.74. The number of rotatable bonds is 6. The number of hydrogen-bond donors (Lipinski definition) is 2. The molecule has 0 aromatic heterocycles. The van der Waals surface area contributed by atoms with E-state index in [0.29, 0.717) is 12.0 Å². The topological polar surface area (TPSA) is 60.0 Å². The summed E-state index contributed by atoms with van der Waals surface area (Å²) in [6.07, 6.45) is 0. The summed E-state index contributed by atoms with van der Waals surface area (Å²) in [7, 11) is 0. The quantitative estimate of drug-likeness (QED) is 0.373. The Labute approximate surface area is 158 Å². The van der Waals surface area contributed by atoms with E-state index < -0.39 is 0 Å². The minimum absolute atomic E-state index is 0. The van der Waals surface area contributed by atoms with E-state index in [1.807, 2.05) is 4.90 Å². The van der Waals surface area contributed by atoms with Gasteiger partial charge in [0.15, 0.2) is 5.96 Å². The predicted octanol–water partition coefficient (Wildman–Crippen LogP) is 1.37. The molecule has 1 atom stereocenters. The summed E-state index contributed by atoms with van der Waals surface area (Å²) in [6.45, 7) is 16.5. The van der Waals surface area contributed by atoms with Crippen molar-refractivity contribution in [2.45, 2.75) is 40.7 Å². The van der Waals surface area contributed by atoms with Crippen LogP contribution in [0.2, 0.25) is 0 Å². The van der Waals surface area contributed by atoms with Crippen LogP contribution in [0.3, 0.4) is 0 Å². The van der Waals surface area contributed by atoms with Crippen LogP contribution in [-0.4, -0.2) is 73.5 Å². The van der Waals surface area contributed by atoms with Crippen molar-refractivity contribution in [2.24, 2.45) is 10.9 Å². The SMILES string of the molecule is CCNC(=NCCN1CCN(C(C)=O)CC1)NC(C)C(C)C.I. The number of hydrogen-bond acceptors (Lipinski definition) is 3. The molecule has 0 spiro atoms. The molecule has 23 heavy (non-hydrogen) atoms. The van der Waals surface area contributed by atoms with Crippen LogP contribution in [0.5, 0.6) is 0 Å². The smallest absolute Gasteiger partial charge is 0.219 e. The van der Waals surface area contributed by atoms with Crippen LogP contribution in [0.25, 0.3) is 0 Å². The van der Waals surface area contributed by atoms with E-state index in [9.17, 15) is 4.79 Å². The molecule has 1 rings (SSSR count). The normalized spacial score (nSPS) is 17.7. The average molecular weight is 439 g/mol. The molecule has 1 saturated heterocycles. The van der Waals surface area contributed by atoms with E-state index in [0.717, 1.165) is 51.8 Å². The summed E-state index contributed by atoms with van der Waals surface area (Å²) in [5.41, 5.74) is 0. The first-order valence-electron chi connectivity index (χ1n) is 8.46. The molecule has 1 unspecified atom stereocenters. The Morgan fingerprint density at radius 3 is 2.26 bits per heavy atom. The summed E-state index contributed by atoms with van der Waals surface area (Å²) in [6, 6.07) is 0.400. The molecule has 0 aromatic rings. The van der Waals surface area contributed by atoms with Crippen LogP contribution in [-0.2, 0) is 4.79 Å². The van der Waals surface area contributed by atoms with Crippen molar-refractivity contribution in [3.05, 3.63) is 0 Å². The molecular weight excluding hydrogens is 405 g/mol. The Hall–Kier alpha value is -0.570. The highest BCUT2D eigenvalue weighted by molar-refractivity contribution is 14.0. The molecule has 0 radical (unpaired) electrons. The zero-order valence-electron chi connectivity index (χ0n) is 15.3. The third-order valence-electron chi connectivity index (χ3n) is 4.21. The van der Waals surface area contributed by atoms with E-state index in [1.165, 1.54) is 0 Å². The lowest BCUT2D eigenvalue weighted by molar-refractivity contribution is -0.130. The molecule has 1 aliphatic heterocycles. The lowest BCUT2D eigenvalue weighted by Crippen LogP contribution is -2.49. The van der Waals surface area contributed by atoms with Gasteiger partial charge in [0.25, 0.3) is 0 Å². The molecule has 1 aliphatic rings. The van der Waals surface area contributed by atoms with Gasteiger partial charge < -0.3 is 15.5 Å². The zero-order valence-corrected chi connectivity index (χ0v) is 17.6. The van der Waals surface area contributed by atoms with Gasteiger partial charge in [0.05, 0.1) is 6.54 Å². The first kappa shape index (κ1) is 22.4. The second kappa shape index (κ2) is 11.9. The lowest BCUT2D eigenvalue weighted by atomic mass is 10.1. The largest absolute Gasteiger partial charge is 0.357 e. The summed E-state index contributed by atoms with van der Waals surface area (Å²) < 4.78 is 0. The van der Waals surface area contributed by atoms with Crippen LogP contribution < -0.4 is 10.6 Å². The standard InChI is InChI=1S/C16H33N5O.HI/c1-6-17-16(19-14(4)13(2)3)18-7-8-20-9-11-21(12-10-20)15(5)22;/h13-14H,6-12H2,1-5H3,(H2,17,18,19);1H. The zero-order chi connectivity index (χ0) is 16.5. The summed E-state index contributed by atoms with van der Waals surface area (Å²) in [5.74, 6) is 1.65. The fourth-order valence-corrected chi connectivity index (χ4v) is 2.29. The Morgan fingerprint density at radius 2 is 1.78 bits per heavy atom. The monoisotopic (exact) mass is 439 g/mol. The second-order valence-corrected chi connectivity index (χ2v) is 6.29. The summed E-state index contributed by atoms with van der Waals surface area (Å²) >= 11 is 0. The van der Waals surface area contributed by atoms with E-state index >= 15 is 0 Å². The molecule has 6 nitrogen and oxygen atoms in total. The molecule has 2 N–H and O–H groups in total. The van der Waals surface area contributed by atoms with Crippen LogP contribution in [0.4, 0.5) is 0 Å². The number of guanidine groups is 1. The molecule has 1 amide bonds. The Morgan fingerprint density at radius 1 is 1.17 bits per heavy atom. The van der Waals surface area contributed by atoms with E-state index in [4.69, 9.17) is 0 Å². The maximum Gasteiger partial charge on any atom is 0.219 e. The van der Waals surface area contributed by atoms with Crippen LogP contribution in [0, 0.1) is 5.92 Å². The van der Waals surface area contributed by atoms with E-state index in [2.05, 4.69) is 48.2 Å². The lowest BCUT2D eigenvalue weighted by Gasteiger charge is -2.33. The van der Waals surface area contributed by atoms with Crippen molar-refractivity contribution in [1.82, 2.24) is 20.4 Å². The molecule has 0 aromatic carbocycles. The number of piperazine rings is 1. The molecular formula is C16H34IN5O. The number of nitrogens with one attached hydrogen (secondary N) is 2. The van der Waals surface area contributed by atoms with Gasteiger partial charge in [-0.15, -0.1) is 24.0 Å². The molecule has 136 valence electrons. The van der Waals surface area contributed by atoms with Gasteiger partial charge in [0.1, 0.15) is 0 Å². The van der Waals surface area contributed by atoms with Crippen molar-refractivity contribution in [3.63, 3.8) is 0 Å². The average Bonchev–Trinajstić information content (AvgIpc) is 2.47. The van der Waals surface area contributed by atoms with Crippen LogP contribution in [0.1, 0.15) is 34.6 Å². The highest BCUT2D eigenvalue weighted by Gasteiger charge is 2.17. The van der Waals surface area contributed by atoms with Crippen molar-refractivity contribution >= 4 is 35.8 Å². The molecule has 0 bridgehead atoms. The van der Waals surface area contributed by atoms with Crippen LogP contribution in [0.15, 0.2) is 4.99 Å². The molecule has 0 aliphatic carbocycles. The van der Waals surface area contributed by atoms with Gasteiger partial charge in [0, 0.05) is 52.2 Å². The van der Waals surface area contributed by atoms with Crippen LogP contribution >= 0.6 is 24.0 Å². The summed E-state index contributed by atoms with van der Waals surface area (Å²) in [4.78, 5) is 20.2. The second-order valence-electron chi connectivity index (χ2n) is 6.29. The Balaban J connectivity index is 0.00000484. The third kappa shape index (κ3) is 8.74. The number of amides is 1. The van der Waals surface area contributed by atoms with Gasteiger partial charge >= 0.3 is 0 Å². The molecule has 1 fully saturated rings. The fraction of sp³-hybridized carbons (Fsp3) is 0.875. The minimum Gasteiger partial charge on any atom is -0.357 e. The van der Waals surface area contributed by atoms with Gasteiger partial charge in [-0.25, -0.2) is 0 Å². The van der Waals surface area contributed by atoms with E-state index in [1.54, 1.807) is 6.92 Å². The highest BCUT2D eigenvalue weighted by atomic mass is 127. The number of halogens is 1. The number of nitrogens with zero attached hydrogens (tertiary/aromatic N) is 3. The number of aliphatic imine (C=N–C) groups is 1. The van der Waals surface area contributed by atoms with Crippen molar-refractivity contribution in [2.75, 3.05) is 45.8 Å². The fourth-order valence-electron chi connectivity index (χ4n) is 2.29. The number of carbonyl (C=O) groups is 1. The maximum absolute atomic E-state index is 11.3. The maximum atomic E-state index is 11.3. The highest BCUT2D eigenvalue weighted by Crippen LogP contribution is 2.02. The van der Waals surface area contributed by atoms with Gasteiger partial charge in [-0.05, 0) is 19.8 Å². The van der Waals surface area contributed by atoms with Gasteiger partial charge in [-0.1, -0.05) is 13.8 Å². The predicted molar refractivity (Wildman–Crippen MR) is 108 cm³/mol. The van der Waals surface area contributed by atoms with Crippen molar-refractivity contribution in [3.8, 4) is 0 Å². The third-order valence-corrected chi connectivity index (χ3v) is 4.21. The van der Waals surface area contributed by atoms with Gasteiger partial charge in [0.2, 0.25) is 5.91 Å². The molecule has 1 heterocycles. The Bertz CT molecular complexity index is 367. The van der Waals surface area contributed by atoms with Crippen molar-refractivity contribution in [1.29, 1.82) is 0 Å². The Kier molecular flexibility index (Phi) is 11.6. The first-order chi connectivity index (χ1) is 10.4. The van der Waals surface area contributed by atoms with E-state index in [-0.39, 0.29) is 29.9 Å². The van der Waals surface area contributed by atoms with Crippen molar-refractivity contribution < 1.29 is 4.79 Å². The van der Waals surface area contributed by atoms with Gasteiger partial charge in [-0.2, -0.15) is 0 Å². The first-order valence-corrected chi connectivity index (χ1v) is 8.46. The molecule has 0 saturated carbocycles. The minimum atomic E-state index is 0. The number of carbonyl (C=O) groups excluding carboxylic acids is 1. The van der Waals surface area contributed by atoms with Gasteiger partial charge in [-0.3, -0.25) is 14.7 Å². The molecule has 7 heteroatoms.